The zero-order valence-corrected chi connectivity index (χ0v) is 18.2. The van der Waals surface area contributed by atoms with Crippen LogP contribution < -0.4 is 10.6 Å². The number of halogens is 1. The highest BCUT2D eigenvalue weighted by molar-refractivity contribution is 9.10. The van der Waals surface area contributed by atoms with Gasteiger partial charge >= 0.3 is 12.1 Å². The van der Waals surface area contributed by atoms with Gasteiger partial charge in [-0.15, -0.1) is 0 Å². The normalized spacial score (nSPS) is 20.1. The van der Waals surface area contributed by atoms with Crippen molar-refractivity contribution in [3.8, 4) is 0 Å². The lowest BCUT2D eigenvalue weighted by molar-refractivity contribution is 0.0491. The van der Waals surface area contributed by atoms with E-state index < -0.39 is 11.6 Å². The third-order valence-corrected chi connectivity index (χ3v) is 5.63. The summed E-state index contributed by atoms with van der Waals surface area (Å²) in [5.41, 5.74) is 2.43. The molecule has 1 aliphatic rings. The monoisotopic (exact) mass is 440 g/mol. The SMILES string of the molecule is Cc1c(Br)cc(C(=O)O)c(C)c1NC1CCC(NC(=O)OC(C)(C)C)CC1. The standard InChI is InChI=1S/C20H29BrN2O4/c1-11-15(18(24)25)10-16(21)12(2)17(11)22-13-6-8-14(9-7-13)23-19(26)27-20(3,4)5/h10,13-14,22H,6-9H2,1-5H3,(H,23,26)(H,24,25). The number of hydrogen-bond acceptors (Lipinski definition) is 4. The van der Waals surface area contributed by atoms with Gasteiger partial charge in [-0.05, 0) is 77.5 Å². The van der Waals surface area contributed by atoms with Gasteiger partial charge in [-0.2, -0.15) is 0 Å². The molecule has 2 rings (SSSR count). The van der Waals surface area contributed by atoms with Gasteiger partial charge in [0, 0.05) is 22.2 Å². The number of rotatable bonds is 4. The summed E-state index contributed by atoms with van der Waals surface area (Å²) in [5, 5.41) is 15.9. The van der Waals surface area contributed by atoms with Gasteiger partial charge < -0.3 is 20.5 Å². The van der Waals surface area contributed by atoms with E-state index in [1.807, 2.05) is 34.6 Å². The summed E-state index contributed by atoms with van der Waals surface area (Å²) in [4.78, 5) is 23.4. The lowest BCUT2D eigenvalue weighted by atomic mass is 9.90. The van der Waals surface area contributed by atoms with Crippen LogP contribution in [0.1, 0.15) is 67.9 Å². The van der Waals surface area contributed by atoms with Crippen molar-refractivity contribution in [2.75, 3.05) is 5.32 Å². The van der Waals surface area contributed by atoms with E-state index in [0.29, 0.717) is 5.56 Å². The maximum atomic E-state index is 11.9. The largest absolute Gasteiger partial charge is 0.478 e. The van der Waals surface area contributed by atoms with E-state index in [2.05, 4.69) is 26.6 Å². The van der Waals surface area contributed by atoms with Crippen LogP contribution >= 0.6 is 15.9 Å². The Morgan fingerprint density at radius 2 is 1.67 bits per heavy atom. The number of carboxylic acid groups (broad SMARTS) is 1. The van der Waals surface area contributed by atoms with E-state index in [4.69, 9.17) is 4.74 Å². The van der Waals surface area contributed by atoms with E-state index in [1.165, 1.54) is 0 Å². The molecule has 0 saturated heterocycles. The minimum atomic E-state index is -0.929. The highest BCUT2D eigenvalue weighted by atomic mass is 79.9. The summed E-state index contributed by atoms with van der Waals surface area (Å²) in [6.45, 7) is 9.35. The fourth-order valence-electron chi connectivity index (χ4n) is 3.38. The van der Waals surface area contributed by atoms with Crippen molar-refractivity contribution in [3.05, 3.63) is 27.2 Å². The van der Waals surface area contributed by atoms with Gasteiger partial charge in [0.25, 0.3) is 0 Å². The number of nitrogens with one attached hydrogen (secondary N) is 2. The van der Waals surface area contributed by atoms with Crippen LogP contribution in [0.4, 0.5) is 10.5 Å². The van der Waals surface area contributed by atoms with Gasteiger partial charge in [0.15, 0.2) is 0 Å². The lowest BCUT2D eigenvalue weighted by Crippen LogP contribution is -2.42. The molecule has 0 radical (unpaired) electrons. The number of hydrogen-bond donors (Lipinski definition) is 3. The molecule has 0 aromatic heterocycles. The Kier molecular flexibility index (Phi) is 6.78. The second kappa shape index (κ2) is 8.50. The summed E-state index contributed by atoms with van der Waals surface area (Å²) in [7, 11) is 0. The molecular weight excluding hydrogens is 412 g/mol. The van der Waals surface area contributed by atoms with Crippen molar-refractivity contribution in [3.63, 3.8) is 0 Å². The molecule has 0 atom stereocenters. The van der Waals surface area contributed by atoms with Crippen molar-refractivity contribution in [1.82, 2.24) is 5.32 Å². The smallest absolute Gasteiger partial charge is 0.407 e. The molecule has 1 aliphatic carbocycles. The maximum absolute atomic E-state index is 11.9. The summed E-state index contributed by atoms with van der Waals surface area (Å²) in [6, 6.07) is 2.01. The number of carbonyl (C=O) groups is 2. The van der Waals surface area contributed by atoms with Gasteiger partial charge in [-0.3, -0.25) is 0 Å². The topological polar surface area (TPSA) is 87.7 Å². The molecule has 0 bridgehead atoms. The molecule has 6 nitrogen and oxygen atoms in total. The molecule has 0 heterocycles. The number of ether oxygens (including phenoxy) is 1. The molecule has 27 heavy (non-hydrogen) atoms. The first kappa shape index (κ1) is 21.5. The van der Waals surface area contributed by atoms with E-state index in [9.17, 15) is 14.7 Å². The molecule has 1 aromatic rings. The van der Waals surface area contributed by atoms with Crippen molar-refractivity contribution in [2.45, 2.75) is 78.0 Å². The quantitative estimate of drug-likeness (QED) is 0.611. The van der Waals surface area contributed by atoms with Crippen molar-refractivity contribution < 1.29 is 19.4 Å². The molecule has 1 amide bonds. The molecule has 1 aromatic carbocycles. The first-order valence-corrected chi connectivity index (χ1v) is 10.1. The van der Waals surface area contributed by atoms with Crippen molar-refractivity contribution >= 4 is 33.7 Å². The average Bonchev–Trinajstić information content (AvgIpc) is 2.54. The maximum Gasteiger partial charge on any atom is 0.407 e. The van der Waals surface area contributed by atoms with Crippen LogP contribution in [0.5, 0.6) is 0 Å². The van der Waals surface area contributed by atoms with Crippen LogP contribution in [0.25, 0.3) is 0 Å². The van der Waals surface area contributed by atoms with E-state index in [0.717, 1.165) is 47.0 Å². The Labute approximate surface area is 169 Å². The molecule has 0 aliphatic heterocycles. The van der Waals surface area contributed by atoms with Gasteiger partial charge in [0.1, 0.15) is 5.60 Å². The molecule has 1 fully saturated rings. The van der Waals surface area contributed by atoms with Crippen LogP contribution in [0.15, 0.2) is 10.5 Å². The summed E-state index contributed by atoms with van der Waals surface area (Å²) in [6.07, 6.45) is 3.13. The molecule has 150 valence electrons. The van der Waals surface area contributed by atoms with E-state index >= 15 is 0 Å². The number of anilines is 1. The predicted molar refractivity (Wildman–Crippen MR) is 110 cm³/mol. The predicted octanol–water partition coefficient (Wildman–Crippen LogP) is 5.01. The number of carboxylic acids is 1. The van der Waals surface area contributed by atoms with Gasteiger partial charge in [0.05, 0.1) is 5.56 Å². The van der Waals surface area contributed by atoms with Gasteiger partial charge in [-0.1, -0.05) is 15.9 Å². The zero-order chi connectivity index (χ0) is 20.4. The number of aromatic carboxylic acids is 1. The number of amides is 1. The third kappa shape index (κ3) is 5.86. The third-order valence-electron chi connectivity index (χ3n) is 4.81. The Hall–Kier alpha value is -1.76. The highest BCUT2D eigenvalue weighted by Crippen LogP contribution is 2.33. The van der Waals surface area contributed by atoms with E-state index in [-0.39, 0.29) is 18.2 Å². The second-order valence-corrected chi connectivity index (χ2v) is 9.03. The molecular formula is C20H29BrN2O4. The van der Waals surface area contributed by atoms with Crippen molar-refractivity contribution in [1.29, 1.82) is 0 Å². The minimum absolute atomic E-state index is 0.109. The Morgan fingerprint density at radius 1 is 1.11 bits per heavy atom. The number of benzene rings is 1. The Morgan fingerprint density at radius 3 is 2.19 bits per heavy atom. The fourth-order valence-corrected chi connectivity index (χ4v) is 3.80. The molecule has 1 saturated carbocycles. The van der Waals surface area contributed by atoms with Crippen LogP contribution in [0.3, 0.4) is 0 Å². The fraction of sp³-hybridized carbons (Fsp3) is 0.600. The first-order valence-electron chi connectivity index (χ1n) is 9.27. The molecule has 7 heteroatoms. The second-order valence-electron chi connectivity index (χ2n) is 8.18. The van der Waals surface area contributed by atoms with Crippen LogP contribution in [-0.4, -0.2) is 34.9 Å². The molecule has 3 N–H and O–H groups in total. The van der Waals surface area contributed by atoms with Crippen molar-refractivity contribution in [2.24, 2.45) is 0 Å². The van der Waals surface area contributed by atoms with Crippen LogP contribution in [0, 0.1) is 13.8 Å². The van der Waals surface area contributed by atoms with Gasteiger partial charge in [0.2, 0.25) is 0 Å². The van der Waals surface area contributed by atoms with Gasteiger partial charge in [-0.25, -0.2) is 9.59 Å². The highest BCUT2D eigenvalue weighted by Gasteiger charge is 2.26. The summed E-state index contributed by atoms with van der Waals surface area (Å²) in [5.74, 6) is -0.929. The lowest BCUT2D eigenvalue weighted by Gasteiger charge is -2.32. The average molecular weight is 441 g/mol. The minimum Gasteiger partial charge on any atom is -0.478 e. The Balaban J connectivity index is 1.98. The summed E-state index contributed by atoms with van der Waals surface area (Å²) < 4.78 is 6.10. The molecule has 0 spiro atoms. The Bertz CT molecular complexity index is 720. The number of alkyl carbamates (subject to hydrolysis) is 1. The zero-order valence-electron chi connectivity index (χ0n) is 16.6. The number of carbonyl (C=O) groups excluding carboxylic acids is 1. The first-order chi connectivity index (χ1) is 12.5. The van der Waals surface area contributed by atoms with Crippen LogP contribution in [0.2, 0.25) is 0 Å². The van der Waals surface area contributed by atoms with E-state index in [1.54, 1.807) is 6.07 Å². The summed E-state index contributed by atoms with van der Waals surface area (Å²) >= 11 is 3.46. The van der Waals surface area contributed by atoms with Crippen LogP contribution in [-0.2, 0) is 4.74 Å². The molecule has 0 unspecified atom stereocenters.